The van der Waals surface area contributed by atoms with Crippen LogP contribution in [0.5, 0.6) is 0 Å². The second-order valence-corrected chi connectivity index (χ2v) is 5.09. The zero-order valence-corrected chi connectivity index (χ0v) is 10.5. The van der Waals surface area contributed by atoms with Crippen molar-refractivity contribution in [1.29, 1.82) is 0 Å². The van der Waals surface area contributed by atoms with E-state index < -0.39 is 5.97 Å². The molecule has 1 N–H and O–H groups in total. The highest BCUT2D eigenvalue weighted by molar-refractivity contribution is 6.05. The molecule has 3 rings (SSSR count). The Morgan fingerprint density at radius 1 is 1.28 bits per heavy atom. The maximum absolute atomic E-state index is 11.5. The van der Waals surface area contributed by atoms with Gasteiger partial charge in [-0.2, -0.15) is 0 Å². The van der Waals surface area contributed by atoms with Crippen molar-refractivity contribution in [1.82, 2.24) is 4.57 Å². The van der Waals surface area contributed by atoms with Gasteiger partial charge in [-0.1, -0.05) is 31.0 Å². The summed E-state index contributed by atoms with van der Waals surface area (Å²) < 4.78 is 2.24. The van der Waals surface area contributed by atoms with Gasteiger partial charge < -0.3 is 9.67 Å². The summed E-state index contributed by atoms with van der Waals surface area (Å²) in [4.78, 5) is 11.5. The second kappa shape index (κ2) is 4.16. The van der Waals surface area contributed by atoms with Crippen LogP contribution >= 0.6 is 0 Å². The van der Waals surface area contributed by atoms with Crippen molar-refractivity contribution in [2.75, 3.05) is 0 Å². The minimum absolute atomic E-state index is 0.470. The van der Waals surface area contributed by atoms with Crippen LogP contribution in [-0.4, -0.2) is 15.6 Å². The van der Waals surface area contributed by atoms with Crippen molar-refractivity contribution in [3.05, 3.63) is 35.5 Å². The van der Waals surface area contributed by atoms with Crippen LogP contribution in [0.25, 0.3) is 10.9 Å². The maximum atomic E-state index is 11.5. The van der Waals surface area contributed by atoms with E-state index >= 15 is 0 Å². The normalized spacial score (nSPS) is 16.5. The number of hydrogen-bond donors (Lipinski definition) is 1. The lowest BCUT2D eigenvalue weighted by Gasteiger charge is -2.16. The molecular formula is C15H17NO2. The number of fused-ring (bicyclic) bond motifs is 1. The van der Waals surface area contributed by atoms with Crippen LogP contribution in [-0.2, 0) is 0 Å². The van der Waals surface area contributed by atoms with E-state index in [4.69, 9.17) is 0 Å². The van der Waals surface area contributed by atoms with E-state index in [9.17, 15) is 9.90 Å². The Hall–Kier alpha value is -1.77. The van der Waals surface area contributed by atoms with Crippen LogP contribution in [0.3, 0.4) is 0 Å². The zero-order chi connectivity index (χ0) is 12.7. The first-order valence-electron chi connectivity index (χ1n) is 6.53. The van der Waals surface area contributed by atoms with Gasteiger partial charge in [0.1, 0.15) is 0 Å². The van der Waals surface area contributed by atoms with Gasteiger partial charge in [-0.25, -0.2) is 4.79 Å². The molecule has 0 spiro atoms. The molecule has 0 saturated heterocycles. The van der Waals surface area contributed by atoms with E-state index in [0.29, 0.717) is 11.6 Å². The summed E-state index contributed by atoms with van der Waals surface area (Å²) in [5.41, 5.74) is 2.44. The van der Waals surface area contributed by atoms with Crippen LogP contribution in [0.2, 0.25) is 0 Å². The summed E-state index contributed by atoms with van der Waals surface area (Å²) in [6.45, 7) is 1.93. The molecule has 1 aliphatic rings. The summed E-state index contributed by atoms with van der Waals surface area (Å²) >= 11 is 0. The van der Waals surface area contributed by atoms with E-state index in [-0.39, 0.29) is 0 Å². The number of carboxylic acids is 1. The molecule has 94 valence electrons. The number of carbonyl (C=O) groups is 1. The lowest BCUT2D eigenvalue weighted by molar-refractivity contribution is 0.0698. The van der Waals surface area contributed by atoms with Gasteiger partial charge in [0.05, 0.1) is 5.56 Å². The number of aromatic nitrogens is 1. The van der Waals surface area contributed by atoms with Crippen molar-refractivity contribution in [3.63, 3.8) is 0 Å². The molecule has 1 aromatic carbocycles. The fraction of sp³-hybridized carbons (Fsp3) is 0.400. The van der Waals surface area contributed by atoms with Crippen LogP contribution in [0.1, 0.15) is 47.8 Å². The van der Waals surface area contributed by atoms with Gasteiger partial charge in [-0.05, 0) is 25.8 Å². The average molecular weight is 243 g/mol. The van der Waals surface area contributed by atoms with E-state index in [1.165, 1.54) is 25.7 Å². The SMILES string of the molecule is Cc1c(C(=O)O)c2ccccc2n1C1CCCC1. The van der Waals surface area contributed by atoms with Gasteiger partial charge in [-0.15, -0.1) is 0 Å². The van der Waals surface area contributed by atoms with Crippen LogP contribution in [0.15, 0.2) is 24.3 Å². The van der Waals surface area contributed by atoms with Crippen molar-refractivity contribution in [2.24, 2.45) is 0 Å². The van der Waals surface area contributed by atoms with Gasteiger partial charge in [0.15, 0.2) is 0 Å². The lowest BCUT2D eigenvalue weighted by Crippen LogP contribution is -2.08. The first-order chi connectivity index (χ1) is 8.70. The van der Waals surface area contributed by atoms with Crippen LogP contribution < -0.4 is 0 Å². The predicted octanol–water partition coefficient (Wildman–Crippen LogP) is 3.76. The van der Waals surface area contributed by atoms with Crippen LogP contribution in [0.4, 0.5) is 0 Å². The number of para-hydroxylation sites is 1. The van der Waals surface area contributed by atoms with Gasteiger partial charge in [0.2, 0.25) is 0 Å². The van der Waals surface area contributed by atoms with E-state index in [0.717, 1.165) is 16.6 Å². The summed E-state index contributed by atoms with van der Waals surface area (Å²) in [7, 11) is 0. The molecule has 0 atom stereocenters. The predicted molar refractivity (Wildman–Crippen MR) is 71.1 cm³/mol. The molecule has 0 amide bonds. The van der Waals surface area contributed by atoms with Crippen molar-refractivity contribution >= 4 is 16.9 Å². The first kappa shape index (κ1) is 11.3. The quantitative estimate of drug-likeness (QED) is 0.872. The monoisotopic (exact) mass is 243 g/mol. The molecule has 0 aliphatic heterocycles. The molecule has 0 radical (unpaired) electrons. The lowest BCUT2D eigenvalue weighted by atomic mass is 10.1. The minimum atomic E-state index is -0.819. The molecule has 1 aliphatic carbocycles. The smallest absolute Gasteiger partial charge is 0.338 e. The highest BCUT2D eigenvalue weighted by Gasteiger charge is 2.25. The summed E-state index contributed by atoms with van der Waals surface area (Å²) in [6.07, 6.45) is 4.83. The number of nitrogens with zero attached hydrogens (tertiary/aromatic N) is 1. The largest absolute Gasteiger partial charge is 0.478 e. The van der Waals surface area contributed by atoms with Crippen molar-refractivity contribution in [2.45, 2.75) is 38.6 Å². The van der Waals surface area contributed by atoms with E-state index in [1.54, 1.807) is 0 Å². The molecular weight excluding hydrogens is 226 g/mol. The zero-order valence-electron chi connectivity index (χ0n) is 10.5. The number of hydrogen-bond acceptors (Lipinski definition) is 1. The summed E-state index contributed by atoms with van der Waals surface area (Å²) in [5.74, 6) is -0.819. The van der Waals surface area contributed by atoms with Gasteiger partial charge in [-0.3, -0.25) is 0 Å². The Kier molecular flexibility index (Phi) is 2.62. The third-order valence-electron chi connectivity index (χ3n) is 4.06. The standard InChI is InChI=1S/C15H17NO2/c1-10-14(15(17)18)12-8-4-5-9-13(12)16(10)11-6-2-3-7-11/h4-5,8-9,11H,2-3,6-7H2,1H3,(H,17,18). The molecule has 3 nitrogen and oxygen atoms in total. The Morgan fingerprint density at radius 3 is 2.61 bits per heavy atom. The molecule has 1 aromatic heterocycles. The molecule has 1 saturated carbocycles. The fourth-order valence-electron chi connectivity index (χ4n) is 3.29. The minimum Gasteiger partial charge on any atom is -0.478 e. The number of rotatable bonds is 2. The third-order valence-corrected chi connectivity index (χ3v) is 4.06. The molecule has 3 heteroatoms. The molecule has 2 aromatic rings. The average Bonchev–Trinajstić information content (AvgIpc) is 2.92. The van der Waals surface area contributed by atoms with Gasteiger partial charge in [0.25, 0.3) is 0 Å². The highest BCUT2D eigenvalue weighted by atomic mass is 16.4. The molecule has 0 unspecified atom stereocenters. The summed E-state index contributed by atoms with van der Waals surface area (Å²) in [5, 5.41) is 10.3. The second-order valence-electron chi connectivity index (χ2n) is 5.09. The molecule has 18 heavy (non-hydrogen) atoms. The molecule has 1 heterocycles. The van der Waals surface area contributed by atoms with Crippen LogP contribution in [0, 0.1) is 6.92 Å². The van der Waals surface area contributed by atoms with E-state index in [2.05, 4.69) is 4.57 Å². The van der Waals surface area contributed by atoms with Crippen molar-refractivity contribution in [3.8, 4) is 0 Å². The van der Waals surface area contributed by atoms with E-state index in [1.807, 2.05) is 31.2 Å². The highest BCUT2D eigenvalue weighted by Crippen LogP contribution is 2.36. The molecule has 1 fully saturated rings. The fourth-order valence-corrected chi connectivity index (χ4v) is 3.29. The Bertz CT molecular complexity index is 606. The van der Waals surface area contributed by atoms with Gasteiger partial charge in [0, 0.05) is 22.6 Å². The number of benzene rings is 1. The third kappa shape index (κ3) is 1.54. The number of carboxylic acid groups (broad SMARTS) is 1. The Balaban J connectivity index is 2.30. The Labute approximate surface area is 106 Å². The first-order valence-corrected chi connectivity index (χ1v) is 6.53. The molecule has 0 bridgehead atoms. The van der Waals surface area contributed by atoms with Gasteiger partial charge >= 0.3 is 5.97 Å². The number of aromatic carboxylic acids is 1. The van der Waals surface area contributed by atoms with Crippen molar-refractivity contribution < 1.29 is 9.90 Å². The maximum Gasteiger partial charge on any atom is 0.338 e. The Morgan fingerprint density at radius 2 is 1.94 bits per heavy atom. The summed E-state index contributed by atoms with van der Waals surface area (Å²) in [6, 6.07) is 8.32. The topological polar surface area (TPSA) is 42.2 Å².